The number of fused-ring (bicyclic) bond motifs is 1. The van der Waals surface area contributed by atoms with Crippen LogP contribution in [0.1, 0.15) is 20.8 Å². The smallest absolute Gasteiger partial charge is 0.325 e. The number of hydrogen-bond donors (Lipinski definition) is 3. The zero-order valence-corrected chi connectivity index (χ0v) is 25.7. The summed E-state index contributed by atoms with van der Waals surface area (Å²) >= 11 is 1.61. The number of thiophene rings is 1. The predicted octanol–water partition coefficient (Wildman–Crippen LogP) is 4.67. The molecule has 5 rings (SSSR count). The molecule has 0 saturated carbocycles. The average Bonchev–Trinajstić information content (AvgIpc) is 3.45. The number of hydrogen-bond acceptors (Lipinski definition) is 9. The highest BCUT2D eigenvalue weighted by molar-refractivity contribution is 7.22. The minimum absolute atomic E-state index is 0.155. The van der Waals surface area contributed by atoms with Gasteiger partial charge in [-0.3, -0.25) is 14.9 Å². The fraction of sp³-hybridized carbons (Fsp3) is 0.323. The molecular weight excluding hydrogens is 566 g/mol. The number of imide groups is 1. The lowest BCUT2D eigenvalue weighted by Gasteiger charge is -2.27. The molecule has 1 aliphatic heterocycles. The Kier molecular flexibility index (Phi) is 8.60. The van der Waals surface area contributed by atoms with Crippen LogP contribution in [-0.4, -0.2) is 83.5 Å². The van der Waals surface area contributed by atoms with Crippen molar-refractivity contribution in [2.45, 2.75) is 26.3 Å². The van der Waals surface area contributed by atoms with Crippen molar-refractivity contribution in [3.8, 4) is 27.4 Å². The number of aromatic nitrogens is 2. The summed E-state index contributed by atoms with van der Waals surface area (Å²) in [6, 6.07) is 15.3. The standard InChI is InChI=1S/C31H35N7O4S/c1-19(39)34-22-8-6-7-20(15-22)24-18-33-29(32-11-12-38-30(41)36-28(40)31(38,2)3)35-27(24)26-17-21-16-23(9-10-25(21)43-26)42-14-13-37(4)5/h6-10,15-18H,11-14H2,1-5H3,(H,34,39)(H,32,33,35)(H,36,40,41). The quantitative estimate of drug-likeness (QED) is 0.212. The first-order valence-corrected chi connectivity index (χ1v) is 14.8. The third-order valence-electron chi connectivity index (χ3n) is 7.13. The van der Waals surface area contributed by atoms with Crippen molar-refractivity contribution in [1.82, 2.24) is 25.1 Å². The van der Waals surface area contributed by atoms with E-state index < -0.39 is 11.6 Å². The van der Waals surface area contributed by atoms with Gasteiger partial charge >= 0.3 is 6.03 Å². The molecule has 0 unspecified atom stereocenters. The van der Waals surface area contributed by atoms with E-state index in [9.17, 15) is 14.4 Å². The van der Waals surface area contributed by atoms with E-state index in [4.69, 9.17) is 9.72 Å². The van der Waals surface area contributed by atoms with Gasteiger partial charge in [-0.15, -0.1) is 11.3 Å². The maximum atomic E-state index is 12.3. The lowest BCUT2D eigenvalue weighted by Crippen LogP contribution is -2.46. The van der Waals surface area contributed by atoms with Gasteiger partial charge in [0.2, 0.25) is 11.9 Å². The molecule has 4 aromatic rings. The van der Waals surface area contributed by atoms with Gasteiger partial charge in [-0.1, -0.05) is 12.1 Å². The van der Waals surface area contributed by atoms with Crippen LogP contribution < -0.4 is 20.7 Å². The summed E-state index contributed by atoms with van der Waals surface area (Å²) in [4.78, 5) is 50.1. The minimum Gasteiger partial charge on any atom is -0.492 e. The zero-order valence-electron chi connectivity index (χ0n) is 24.9. The molecule has 2 aromatic heterocycles. The lowest BCUT2D eigenvalue weighted by atomic mass is 10.0. The van der Waals surface area contributed by atoms with Crippen LogP contribution in [0.5, 0.6) is 5.75 Å². The molecule has 1 saturated heterocycles. The molecule has 3 N–H and O–H groups in total. The monoisotopic (exact) mass is 601 g/mol. The highest BCUT2D eigenvalue weighted by Crippen LogP contribution is 2.39. The van der Waals surface area contributed by atoms with Crippen molar-refractivity contribution >= 4 is 50.9 Å². The number of nitrogens with zero attached hydrogens (tertiary/aromatic N) is 4. The molecule has 1 fully saturated rings. The van der Waals surface area contributed by atoms with Crippen molar-refractivity contribution in [3.05, 3.63) is 54.7 Å². The molecule has 1 aliphatic rings. The summed E-state index contributed by atoms with van der Waals surface area (Å²) in [6.45, 7) is 6.96. The largest absolute Gasteiger partial charge is 0.492 e. The second kappa shape index (κ2) is 12.4. The molecule has 0 aliphatic carbocycles. The third kappa shape index (κ3) is 6.76. The molecule has 3 heterocycles. The number of urea groups is 1. The zero-order chi connectivity index (χ0) is 30.7. The maximum Gasteiger partial charge on any atom is 0.325 e. The first-order chi connectivity index (χ1) is 20.5. The van der Waals surface area contributed by atoms with Crippen molar-refractivity contribution in [1.29, 1.82) is 0 Å². The number of ether oxygens (including phenoxy) is 1. The molecule has 12 heteroatoms. The Balaban J connectivity index is 1.46. The second-order valence-electron chi connectivity index (χ2n) is 11.1. The predicted molar refractivity (Wildman–Crippen MR) is 169 cm³/mol. The summed E-state index contributed by atoms with van der Waals surface area (Å²) in [5.41, 5.74) is 2.13. The Morgan fingerprint density at radius 2 is 1.95 bits per heavy atom. The van der Waals surface area contributed by atoms with Crippen molar-refractivity contribution in [2.24, 2.45) is 0 Å². The van der Waals surface area contributed by atoms with Crippen LogP contribution in [0.4, 0.5) is 16.4 Å². The Bertz CT molecular complexity index is 1680. The Hall–Kier alpha value is -4.55. The van der Waals surface area contributed by atoms with Gasteiger partial charge in [0.15, 0.2) is 0 Å². The van der Waals surface area contributed by atoms with Crippen molar-refractivity contribution in [2.75, 3.05) is 51.0 Å². The molecule has 0 spiro atoms. The minimum atomic E-state index is -0.931. The Morgan fingerprint density at radius 1 is 1.14 bits per heavy atom. The van der Waals surface area contributed by atoms with Gasteiger partial charge < -0.3 is 25.2 Å². The van der Waals surface area contributed by atoms with Gasteiger partial charge in [0.05, 0.1) is 10.6 Å². The van der Waals surface area contributed by atoms with Gasteiger partial charge in [-0.2, -0.15) is 0 Å². The number of amides is 4. The van der Waals surface area contributed by atoms with E-state index in [1.54, 1.807) is 31.4 Å². The summed E-state index contributed by atoms with van der Waals surface area (Å²) < 4.78 is 7.04. The average molecular weight is 602 g/mol. The number of carbonyl (C=O) groups excluding carboxylic acids is 3. The SMILES string of the molecule is CC(=O)Nc1cccc(-c2cnc(NCCN3C(=O)NC(=O)C3(C)C)nc2-c2cc3cc(OCCN(C)C)ccc3s2)c1. The molecule has 11 nitrogen and oxygen atoms in total. The van der Waals surface area contributed by atoms with Crippen LogP contribution in [-0.2, 0) is 9.59 Å². The summed E-state index contributed by atoms with van der Waals surface area (Å²) in [5.74, 6) is 0.723. The van der Waals surface area contributed by atoms with Crippen molar-refractivity contribution < 1.29 is 19.1 Å². The molecule has 0 radical (unpaired) electrons. The fourth-order valence-corrected chi connectivity index (χ4v) is 5.81. The molecule has 2 aromatic carbocycles. The van der Waals surface area contributed by atoms with Gasteiger partial charge in [-0.25, -0.2) is 14.8 Å². The molecule has 4 amide bonds. The van der Waals surface area contributed by atoms with E-state index in [-0.39, 0.29) is 11.8 Å². The number of benzene rings is 2. The first-order valence-electron chi connectivity index (χ1n) is 13.9. The lowest BCUT2D eigenvalue weighted by molar-refractivity contribution is -0.125. The number of anilines is 2. The van der Waals surface area contributed by atoms with Gasteiger partial charge in [0.1, 0.15) is 17.9 Å². The molecular formula is C31H35N7O4S. The Morgan fingerprint density at radius 3 is 2.67 bits per heavy atom. The van der Waals surface area contributed by atoms with Crippen LogP contribution in [0.25, 0.3) is 31.8 Å². The molecule has 0 atom stereocenters. The first kappa shape index (κ1) is 29.9. The van der Waals surface area contributed by atoms with E-state index in [0.717, 1.165) is 44.1 Å². The van der Waals surface area contributed by atoms with Crippen LogP contribution in [0, 0.1) is 0 Å². The highest BCUT2D eigenvalue weighted by atomic mass is 32.1. The normalized spacial score (nSPS) is 14.3. The topological polar surface area (TPSA) is 129 Å². The van der Waals surface area contributed by atoms with Crippen molar-refractivity contribution in [3.63, 3.8) is 0 Å². The van der Waals surface area contributed by atoms with E-state index in [0.29, 0.717) is 31.3 Å². The van der Waals surface area contributed by atoms with Crippen LogP contribution in [0.2, 0.25) is 0 Å². The van der Waals surface area contributed by atoms with Crippen LogP contribution in [0.3, 0.4) is 0 Å². The molecule has 43 heavy (non-hydrogen) atoms. The summed E-state index contributed by atoms with van der Waals surface area (Å²) in [7, 11) is 4.02. The van der Waals surface area contributed by atoms with Gasteiger partial charge in [0.25, 0.3) is 5.91 Å². The second-order valence-corrected chi connectivity index (χ2v) is 12.2. The number of likely N-dealkylation sites (N-methyl/N-ethyl adjacent to an activating group) is 1. The summed E-state index contributed by atoms with van der Waals surface area (Å²) in [5, 5.41) is 9.46. The molecule has 0 bridgehead atoms. The maximum absolute atomic E-state index is 12.3. The van der Waals surface area contributed by atoms with E-state index in [2.05, 4.69) is 38.0 Å². The van der Waals surface area contributed by atoms with E-state index in [1.165, 1.54) is 11.8 Å². The van der Waals surface area contributed by atoms with Crippen LogP contribution >= 0.6 is 11.3 Å². The van der Waals surface area contributed by atoms with E-state index >= 15 is 0 Å². The highest BCUT2D eigenvalue weighted by Gasteiger charge is 2.45. The fourth-order valence-electron chi connectivity index (χ4n) is 4.76. The number of nitrogens with one attached hydrogen (secondary N) is 3. The van der Waals surface area contributed by atoms with E-state index in [1.807, 2.05) is 50.5 Å². The Labute approximate surface area is 254 Å². The number of rotatable bonds is 11. The third-order valence-corrected chi connectivity index (χ3v) is 8.25. The van der Waals surface area contributed by atoms with Gasteiger partial charge in [-0.05, 0) is 75.3 Å². The summed E-state index contributed by atoms with van der Waals surface area (Å²) in [6.07, 6.45) is 1.76. The van der Waals surface area contributed by atoms with Gasteiger partial charge in [0, 0.05) is 48.7 Å². The number of carbonyl (C=O) groups is 3. The van der Waals surface area contributed by atoms with Crippen LogP contribution in [0.15, 0.2) is 54.7 Å². The molecule has 224 valence electrons.